The Morgan fingerprint density at radius 1 is 1.11 bits per heavy atom. The number of hydrogen-bond acceptors (Lipinski definition) is 5. The maximum absolute atomic E-state index is 12.2. The summed E-state index contributed by atoms with van der Waals surface area (Å²) >= 11 is 0. The number of nitrogens with one attached hydrogen (secondary N) is 2. The molecule has 0 unspecified atom stereocenters. The molecule has 0 fully saturated rings. The van der Waals surface area contributed by atoms with Crippen molar-refractivity contribution < 1.29 is 35.9 Å². The predicted octanol–water partition coefficient (Wildman–Crippen LogP) is 3.61. The number of amides is 1. The highest BCUT2D eigenvalue weighted by molar-refractivity contribution is 7.92. The van der Waals surface area contributed by atoms with Crippen LogP contribution >= 0.6 is 0 Å². The summed E-state index contributed by atoms with van der Waals surface area (Å²) in [5.41, 5.74) is 0.608. The highest BCUT2D eigenvalue weighted by Crippen LogP contribution is 2.29. The lowest BCUT2D eigenvalue weighted by molar-refractivity contribution is -0.274. The van der Waals surface area contributed by atoms with E-state index in [9.17, 15) is 26.4 Å². The molecule has 0 saturated heterocycles. The molecule has 1 amide bonds. The normalized spacial score (nSPS) is 11.6. The summed E-state index contributed by atoms with van der Waals surface area (Å²) in [7, 11) is -2.17. The van der Waals surface area contributed by atoms with E-state index in [1.807, 2.05) is 0 Å². The van der Waals surface area contributed by atoms with E-state index in [2.05, 4.69) is 14.8 Å². The Morgan fingerprint density at radius 3 is 2.29 bits per heavy atom. The van der Waals surface area contributed by atoms with Crippen LogP contribution in [0.15, 0.2) is 42.5 Å². The molecule has 7 nitrogen and oxygen atoms in total. The number of sulfonamides is 1. The standard InChI is InChI=1S/C17H17F3N2O5S/c1-3-28(24,25)22-14-9-6-12(10-15(14)26-2)21-16(23)11-4-7-13(8-5-11)27-17(18,19)20/h4-10,22H,3H2,1-2H3,(H,21,23). The van der Waals surface area contributed by atoms with Crippen molar-refractivity contribution in [3.05, 3.63) is 48.0 Å². The van der Waals surface area contributed by atoms with E-state index in [1.54, 1.807) is 0 Å². The number of carbonyl (C=O) groups is 1. The molecule has 0 atom stereocenters. The van der Waals surface area contributed by atoms with Crippen LogP contribution in [0.5, 0.6) is 11.5 Å². The van der Waals surface area contributed by atoms with Gasteiger partial charge < -0.3 is 14.8 Å². The van der Waals surface area contributed by atoms with E-state index in [1.165, 1.54) is 44.4 Å². The smallest absolute Gasteiger partial charge is 0.494 e. The molecule has 0 aliphatic heterocycles. The number of methoxy groups -OCH3 is 1. The first-order chi connectivity index (χ1) is 13.0. The molecule has 11 heteroatoms. The third-order valence-corrected chi connectivity index (χ3v) is 4.75. The van der Waals surface area contributed by atoms with Crippen LogP contribution in [0.1, 0.15) is 17.3 Å². The summed E-state index contributed by atoms with van der Waals surface area (Å²) in [5.74, 6) is -0.965. The molecule has 0 aromatic heterocycles. The van der Waals surface area contributed by atoms with Gasteiger partial charge in [-0.2, -0.15) is 0 Å². The van der Waals surface area contributed by atoms with Crippen LogP contribution in [-0.2, 0) is 10.0 Å². The number of benzene rings is 2. The first-order valence-corrected chi connectivity index (χ1v) is 9.54. The van der Waals surface area contributed by atoms with Crippen molar-refractivity contribution in [1.82, 2.24) is 0 Å². The monoisotopic (exact) mass is 418 g/mol. The Hall–Kier alpha value is -2.95. The number of anilines is 2. The van der Waals surface area contributed by atoms with Crippen molar-refractivity contribution in [2.24, 2.45) is 0 Å². The summed E-state index contributed by atoms with van der Waals surface area (Å²) in [6.45, 7) is 1.48. The van der Waals surface area contributed by atoms with Gasteiger partial charge in [0.2, 0.25) is 10.0 Å². The van der Waals surface area contributed by atoms with E-state index in [4.69, 9.17) is 4.74 Å². The molecule has 0 aliphatic carbocycles. The lowest BCUT2D eigenvalue weighted by Gasteiger charge is -2.13. The zero-order valence-corrected chi connectivity index (χ0v) is 15.6. The van der Waals surface area contributed by atoms with Crippen molar-refractivity contribution in [3.63, 3.8) is 0 Å². The maximum Gasteiger partial charge on any atom is 0.573 e. The van der Waals surface area contributed by atoms with Gasteiger partial charge in [-0.25, -0.2) is 8.42 Å². The summed E-state index contributed by atoms with van der Waals surface area (Å²) in [5, 5.41) is 2.55. The summed E-state index contributed by atoms with van der Waals surface area (Å²) in [4.78, 5) is 12.2. The lowest BCUT2D eigenvalue weighted by atomic mass is 10.2. The largest absolute Gasteiger partial charge is 0.573 e. The Bertz CT molecular complexity index is 944. The van der Waals surface area contributed by atoms with Crippen molar-refractivity contribution in [3.8, 4) is 11.5 Å². The quantitative estimate of drug-likeness (QED) is 0.717. The van der Waals surface area contributed by atoms with Gasteiger partial charge >= 0.3 is 6.36 Å². The van der Waals surface area contributed by atoms with Crippen LogP contribution in [0.4, 0.5) is 24.5 Å². The van der Waals surface area contributed by atoms with Gasteiger partial charge in [0.05, 0.1) is 18.6 Å². The van der Waals surface area contributed by atoms with E-state index < -0.39 is 28.0 Å². The second-order valence-electron chi connectivity index (χ2n) is 5.45. The number of ether oxygens (including phenoxy) is 2. The summed E-state index contributed by atoms with van der Waals surface area (Å²) < 4.78 is 71.1. The highest BCUT2D eigenvalue weighted by Gasteiger charge is 2.31. The molecule has 0 heterocycles. The zero-order valence-electron chi connectivity index (χ0n) is 14.8. The van der Waals surface area contributed by atoms with E-state index in [0.717, 1.165) is 12.1 Å². The fourth-order valence-electron chi connectivity index (χ4n) is 2.10. The fourth-order valence-corrected chi connectivity index (χ4v) is 2.75. The van der Waals surface area contributed by atoms with Crippen LogP contribution in [0, 0.1) is 0 Å². The molecule has 0 aliphatic rings. The number of halogens is 3. The van der Waals surface area contributed by atoms with Gasteiger partial charge in [0.1, 0.15) is 11.5 Å². The van der Waals surface area contributed by atoms with Crippen LogP contribution in [0.2, 0.25) is 0 Å². The average Bonchev–Trinajstić information content (AvgIpc) is 2.62. The van der Waals surface area contributed by atoms with Crippen LogP contribution < -0.4 is 19.5 Å². The van der Waals surface area contributed by atoms with Gasteiger partial charge in [0, 0.05) is 17.3 Å². The Balaban J connectivity index is 2.13. The second-order valence-corrected chi connectivity index (χ2v) is 7.46. The molecule has 0 radical (unpaired) electrons. The molecule has 2 aromatic rings. The fraction of sp³-hybridized carbons (Fsp3) is 0.235. The third kappa shape index (κ3) is 6.05. The first-order valence-electron chi connectivity index (χ1n) is 7.88. The molecular weight excluding hydrogens is 401 g/mol. The van der Waals surface area contributed by atoms with Gasteiger partial charge in [-0.05, 0) is 43.3 Å². The van der Waals surface area contributed by atoms with Crippen LogP contribution in [0.25, 0.3) is 0 Å². The van der Waals surface area contributed by atoms with Crippen LogP contribution in [0.3, 0.4) is 0 Å². The van der Waals surface area contributed by atoms with Gasteiger partial charge in [0.25, 0.3) is 5.91 Å². The molecule has 0 spiro atoms. The second kappa shape index (κ2) is 8.38. The minimum absolute atomic E-state index is 0.101. The van der Waals surface area contributed by atoms with Gasteiger partial charge in [0.15, 0.2) is 0 Å². The Labute approximate surface area is 159 Å². The van der Waals surface area contributed by atoms with Crippen molar-refractivity contribution in [2.75, 3.05) is 22.9 Å². The lowest BCUT2D eigenvalue weighted by Crippen LogP contribution is -2.17. The molecule has 2 rings (SSSR count). The Morgan fingerprint density at radius 2 is 1.75 bits per heavy atom. The highest BCUT2D eigenvalue weighted by atomic mass is 32.2. The van der Waals surface area contributed by atoms with E-state index in [-0.39, 0.29) is 22.8 Å². The minimum atomic E-state index is -4.82. The van der Waals surface area contributed by atoms with Crippen molar-refractivity contribution >= 4 is 27.3 Å². The topological polar surface area (TPSA) is 93.7 Å². The van der Waals surface area contributed by atoms with E-state index in [0.29, 0.717) is 5.69 Å². The SMILES string of the molecule is CCS(=O)(=O)Nc1ccc(NC(=O)c2ccc(OC(F)(F)F)cc2)cc1OC. The Kier molecular flexibility index (Phi) is 6.39. The number of rotatable bonds is 7. The molecular formula is C17H17F3N2O5S. The molecule has 0 bridgehead atoms. The zero-order chi connectivity index (χ0) is 20.9. The third-order valence-electron chi connectivity index (χ3n) is 3.45. The molecule has 0 saturated carbocycles. The molecule has 2 N–H and O–H groups in total. The predicted molar refractivity (Wildman–Crippen MR) is 97.2 cm³/mol. The molecule has 28 heavy (non-hydrogen) atoms. The van der Waals surface area contributed by atoms with Gasteiger partial charge in [-0.3, -0.25) is 9.52 Å². The number of carbonyl (C=O) groups excluding carboxylic acids is 1. The van der Waals surface area contributed by atoms with Gasteiger partial charge in [-0.15, -0.1) is 13.2 Å². The van der Waals surface area contributed by atoms with Crippen molar-refractivity contribution in [1.29, 1.82) is 0 Å². The molecule has 152 valence electrons. The number of hydrogen-bond donors (Lipinski definition) is 2. The van der Waals surface area contributed by atoms with E-state index >= 15 is 0 Å². The van der Waals surface area contributed by atoms with Crippen LogP contribution in [-0.4, -0.2) is 33.5 Å². The minimum Gasteiger partial charge on any atom is -0.494 e. The first kappa shape index (κ1) is 21.4. The summed E-state index contributed by atoms with van der Waals surface area (Å²) in [6.07, 6.45) is -4.82. The number of alkyl halides is 3. The maximum atomic E-state index is 12.2. The van der Waals surface area contributed by atoms with Gasteiger partial charge in [-0.1, -0.05) is 0 Å². The molecule has 2 aromatic carbocycles. The average molecular weight is 418 g/mol. The summed E-state index contributed by atoms with van der Waals surface area (Å²) in [6, 6.07) is 8.68. The van der Waals surface area contributed by atoms with Crippen molar-refractivity contribution in [2.45, 2.75) is 13.3 Å².